The van der Waals surface area contributed by atoms with Crippen molar-refractivity contribution in [1.29, 1.82) is 0 Å². The zero-order chi connectivity index (χ0) is 23.0. The molecule has 0 aliphatic heterocycles. The average Bonchev–Trinajstić information content (AvgIpc) is 3.05. The first-order chi connectivity index (χ1) is 14.6. The van der Waals surface area contributed by atoms with Gasteiger partial charge in [0.05, 0.1) is 17.8 Å². The van der Waals surface area contributed by atoms with Crippen molar-refractivity contribution < 1.29 is 14.9 Å². The Kier molecular flexibility index (Phi) is 7.92. The lowest BCUT2D eigenvalue weighted by atomic mass is 9.44. The molecule has 3 nitrogen and oxygen atoms in total. The summed E-state index contributed by atoms with van der Waals surface area (Å²) in [6.07, 6.45) is 13.4. The first-order valence-corrected chi connectivity index (χ1v) is 13.5. The van der Waals surface area contributed by atoms with Crippen molar-refractivity contribution in [3.05, 3.63) is 0 Å². The van der Waals surface area contributed by atoms with Gasteiger partial charge in [-0.05, 0) is 118 Å². The summed E-state index contributed by atoms with van der Waals surface area (Å²) in [5.41, 5.74) is 0.342. The highest BCUT2D eigenvalue weighted by Gasteiger charge is 2.60. The first-order valence-electron chi connectivity index (χ1n) is 13.5. The zero-order valence-electron chi connectivity index (χ0n) is 21.6. The molecule has 4 saturated carbocycles. The summed E-state index contributed by atoms with van der Waals surface area (Å²) in [6.45, 7) is 13.1. The first kappa shape index (κ1) is 25.5. The summed E-state index contributed by atoms with van der Waals surface area (Å²) in [5.74, 6) is 4.11. The van der Waals surface area contributed by atoms with Crippen LogP contribution in [0, 0.1) is 40.4 Å². The summed E-state index contributed by atoms with van der Waals surface area (Å²) >= 11 is 0. The Morgan fingerprint density at radius 3 is 2.29 bits per heavy atom. The third-order valence-corrected chi connectivity index (χ3v) is 10.5. The summed E-state index contributed by atoms with van der Waals surface area (Å²) in [7, 11) is 1.78. The van der Waals surface area contributed by atoms with Crippen molar-refractivity contribution in [2.75, 3.05) is 7.11 Å². The maximum atomic E-state index is 10.5. The molecule has 0 bridgehead atoms. The van der Waals surface area contributed by atoms with E-state index in [0.29, 0.717) is 16.7 Å². The molecule has 3 heteroatoms. The van der Waals surface area contributed by atoms with Crippen molar-refractivity contribution in [1.82, 2.24) is 0 Å². The van der Waals surface area contributed by atoms with Gasteiger partial charge in [-0.15, -0.1) is 0 Å². The molecule has 4 fully saturated rings. The molecule has 0 amide bonds. The predicted molar refractivity (Wildman–Crippen MR) is 129 cm³/mol. The molecule has 9 unspecified atom stereocenters. The molecule has 0 radical (unpaired) electrons. The van der Waals surface area contributed by atoms with Gasteiger partial charge in [0.1, 0.15) is 0 Å². The van der Waals surface area contributed by atoms with Crippen LogP contribution < -0.4 is 0 Å². The van der Waals surface area contributed by atoms with Gasteiger partial charge in [0.15, 0.2) is 0 Å². The predicted octanol–water partition coefficient (Wildman–Crippen LogP) is 6.60. The molecular formula is C28H52O3. The lowest BCUT2D eigenvalue weighted by molar-refractivity contribution is -0.166. The molecule has 4 aliphatic rings. The van der Waals surface area contributed by atoms with Crippen molar-refractivity contribution in [3.63, 3.8) is 0 Å². The Hall–Kier alpha value is -0.120. The lowest BCUT2D eigenvalue weighted by Crippen LogP contribution is -2.56. The molecule has 4 aliphatic carbocycles. The second kappa shape index (κ2) is 9.63. The van der Waals surface area contributed by atoms with E-state index in [1.807, 2.05) is 27.7 Å². The molecule has 182 valence electrons. The molecule has 31 heavy (non-hydrogen) atoms. The Labute approximate surface area is 192 Å². The summed E-state index contributed by atoms with van der Waals surface area (Å²) < 4.78 is 5.72. The highest BCUT2D eigenvalue weighted by molar-refractivity contribution is 5.10. The minimum absolute atomic E-state index is 0.0291. The van der Waals surface area contributed by atoms with Gasteiger partial charge in [-0.25, -0.2) is 0 Å². The van der Waals surface area contributed by atoms with Gasteiger partial charge in [-0.1, -0.05) is 34.1 Å². The molecule has 0 heterocycles. The van der Waals surface area contributed by atoms with Crippen LogP contribution in [0.25, 0.3) is 0 Å². The molecule has 0 aromatic heterocycles. The Balaban J connectivity index is 0.00000132. The van der Waals surface area contributed by atoms with Crippen molar-refractivity contribution in [2.45, 2.75) is 130 Å². The van der Waals surface area contributed by atoms with E-state index in [2.05, 4.69) is 13.8 Å². The van der Waals surface area contributed by atoms with E-state index in [1.165, 1.54) is 44.9 Å². The van der Waals surface area contributed by atoms with E-state index in [9.17, 15) is 10.2 Å². The fourth-order valence-electron chi connectivity index (χ4n) is 8.86. The highest BCUT2D eigenvalue weighted by Crippen LogP contribution is 2.68. The maximum absolute atomic E-state index is 10.5. The van der Waals surface area contributed by atoms with Gasteiger partial charge in [0, 0.05) is 7.11 Å². The van der Waals surface area contributed by atoms with Gasteiger partial charge in [0.25, 0.3) is 0 Å². The van der Waals surface area contributed by atoms with Gasteiger partial charge in [-0.3, -0.25) is 0 Å². The van der Waals surface area contributed by atoms with E-state index >= 15 is 0 Å². The van der Waals surface area contributed by atoms with E-state index in [0.717, 1.165) is 49.4 Å². The fraction of sp³-hybridized carbons (Fsp3) is 1.00. The maximum Gasteiger partial charge on any atom is 0.0835 e. The number of methoxy groups -OCH3 is 1. The second-order valence-electron chi connectivity index (χ2n) is 12.5. The fourth-order valence-corrected chi connectivity index (χ4v) is 8.86. The Morgan fingerprint density at radius 1 is 0.968 bits per heavy atom. The Morgan fingerprint density at radius 2 is 1.65 bits per heavy atom. The molecule has 9 atom stereocenters. The van der Waals surface area contributed by atoms with E-state index in [4.69, 9.17) is 4.74 Å². The van der Waals surface area contributed by atoms with E-state index in [1.54, 1.807) is 7.11 Å². The molecule has 0 saturated heterocycles. The number of fused-ring (bicyclic) bond motifs is 5. The SMILES string of the molecule is CC.COC1CC2(C)C(CCC3C4CCC(CCCC(C)(C)O)C4(C)CCC32)CC1O. The van der Waals surface area contributed by atoms with Crippen LogP contribution in [0.5, 0.6) is 0 Å². The quantitative estimate of drug-likeness (QED) is 0.510. The van der Waals surface area contributed by atoms with Crippen LogP contribution in [-0.4, -0.2) is 35.1 Å². The number of aliphatic hydroxyl groups excluding tert-OH is 1. The van der Waals surface area contributed by atoms with Crippen LogP contribution in [0.3, 0.4) is 0 Å². The van der Waals surface area contributed by atoms with Gasteiger partial charge < -0.3 is 14.9 Å². The van der Waals surface area contributed by atoms with Gasteiger partial charge in [0.2, 0.25) is 0 Å². The van der Waals surface area contributed by atoms with E-state index < -0.39 is 5.60 Å². The number of aliphatic hydroxyl groups is 2. The molecule has 0 aromatic rings. The number of ether oxygens (including phenoxy) is 1. The number of hydrogen-bond acceptors (Lipinski definition) is 3. The van der Waals surface area contributed by atoms with Crippen molar-refractivity contribution in [2.24, 2.45) is 40.4 Å². The van der Waals surface area contributed by atoms with Crippen LogP contribution in [0.4, 0.5) is 0 Å². The van der Waals surface area contributed by atoms with Crippen molar-refractivity contribution >= 4 is 0 Å². The minimum Gasteiger partial charge on any atom is -0.390 e. The topological polar surface area (TPSA) is 49.7 Å². The Bertz CT molecular complexity index is 583. The number of hydrogen-bond donors (Lipinski definition) is 2. The third kappa shape index (κ3) is 4.76. The third-order valence-electron chi connectivity index (χ3n) is 10.5. The molecular weight excluding hydrogens is 384 g/mol. The van der Waals surface area contributed by atoms with Crippen LogP contribution in [0.15, 0.2) is 0 Å². The molecule has 0 aromatic carbocycles. The average molecular weight is 437 g/mol. The molecule has 2 N–H and O–H groups in total. The van der Waals surface area contributed by atoms with Crippen LogP contribution in [0.2, 0.25) is 0 Å². The highest BCUT2D eigenvalue weighted by atomic mass is 16.5. The summed E-state index contributed by atoms with van der Waals surface area (Å²) in [6, 6.07) is 0. The summed E-state index contributed by atoms with van der Waals surface area (Å²) in [4.78, 5) is 0. The summed E-state index contributed by atoms with van der Waals surface area (Å²) in [5, 5.41) is 20.7. The second-order valence-corrected chi connectivity index (χ2v) is 12.5. The standard InChI is InChI=1S/C26H46O3.C2H6/c1-24(2,28)13-6-7-17-9-11-20-19-10-8-18-15-22(27)23(29-5)16-26(18,4)21(19)12-14-25(17,20)3;1-2/h17-23,27-28H,6-16H2,1-5H3;1-2H3. The number of rotatable bonds is 5. The van der Waals surface area contributed by atoms with Gasteiger partial charge >= 0.3 is 0 Å². The van der Waals surface area contributed by atoms with Gasteiger partial charge in [-0.2, -0.15) is 0 Å². The molecule has 4 rings (SSSR count). The molecule has 0 spiro atoms. The van der Waals surface area contributed by atoms with Crippen LogP contribution >= 0.6 is 0 Å². The van der Waals surface area contributed by atoms with Crippen LogP contribution in [0.1, 0.15) is 112 Å². The smallest absolute Gasteiger partial charge is 0.0835 e. The van der Waals surface area contributed by atoms with Crippen molar-refractivity contribution in [3.8, 4) is 0 Å². The zero-order valence-corrected chi connectivity index (χ0v) is 21.6. The lowest BCUT2D eigenvalue weighted by Gasteiger charge is -2.61. The van der Waals surface area contributed by atoms with E-state index in [-0.39, 0.29) is 12.2 Å². The van der Waals surface area contributed by atoms with Crippen LogP contribution in [-0.2, 0) is 4.74 Å². The normalized spacial score (nSPS) is 46.9. The minimum atomic E-state index is -0.521. The monoisotopic (exact) mass is 436 g/mol. The largest absolute Gasteiger partial charge is 0.390 e.